The topological polar surface area (TPSA) is 109 Å². The van der Waals surface area contributed by atoms with Gasteiger partial charge in [-0.15, -0.1) is 5.10 Å². The van der Waals surface area contributed by atoms with E-state index in [1.165, 1.54) is 0 Å². The monoisotopic (exact) mass is 359 g/mol. The van der Waals surface area contributed by atoms with Crippen LogP contribution in [0.1, 0.15) is 39.2 Å². The Morgan fingerprint density at radius 3 is 2.50 bits per heavy atom. The number of nitrogens with one attached hydrogen (secondary N) is 2. The third-order valence-electron chi connectivity index (χ3n) is 3.77. The van der Waals surface area contributed by atoms with Gasteiger partial charge < -0.3 is 10.4 Å². The van der Waals surface area contributed by atoms with Crippen molar-refractivity contribution >= 4 is 17.9 Å². The molecule has 2 rings (SSSR count). The molecule has 1 unspecified atom stereocenters. The van der Waals surface area contributed by atoms with Gasteiger partial charge in [0.05, 0.1) is 5.54 Å². The van der Waals surface area contributed by atoms with E-state index in [2.05, 4.69) is 20.7 Å². The van der Waals surface area contributed by atoms with Gasteiger partial charge in [-0.25, -0.2) is 14.5 Å². The summed E-state index contributed by atoms with van der Waals surface area (Å²) in [5, 5.41) is 18.6. The molecule has 1 heterocycles. The lowest BCUT2D eigenvalue weighted by atomic mass is 10.0. The fourth-order valence-electron chi connectivity index (χ4n) is 2.39. The second kappa shape index (κ2) is 8.46. The van der Waals surface area contributed by atoms with E-state index in [0.29, 0.717) is 12.8 Å². The molecular weight excluding hydrogens is 334 g/mol. The SMILES string of the molecule is CC(C)(C)n1cnc(NC(=O)NC(CCC(=O)O)Cc2ccccc2)n1. The van der Waals surface area contributed by atoms with Crippen molar-refractivity contribution in [1.82, 2.24) is 20.1 Å². The number of hydrogen-bond acceptors (Lipinski definition) is 4. The molecule has 8 nitrogen and oxygen atoms in total. The molecule has 1 aromatic heterocycles. The van der Waals surface area contributed by atoms with Crippen molar-refractivity contribution in [2.75, 3.05) is 5.32 Å². The quantitative estimate of drug-likeness (QED) is 0.704. The van der Waals surface area contributed by atoms with Gasteiger partial charge in [0.2, 0.25) is 5.95 Å². The Morgan fingerprint density at radius 1 is 1.23 bits per heavy atom. The molecule has 0 radical (unpaired) electrons. The Bertz CT molecular complexity index is 737. The van der Waals surface area contributed by atoms with Crippen LogP contribution in [0, 0.1) is 0 Å². The number of aromatic nitrogens is 3. The predicted octanol–water partition coefficient (Wildman–Crippen LogP) is 2.63. The fraction of sp³-hybridized carbons (Fsp3) is 0.444. The van der Waals surface area contributed by atoms with E-state index in [9.17, 15) is 9.59 Å². The van der Waals surface area contributed by atoms with Crippen LogP contribution in [0.2, 0.25) is 0 Å². The molecule has 2 aromatic rings. The second-order valence-electron chi connectivity index (χ2n) is 7.10. The average Bonchev–Trinajstić information content (AvgIpc) is 3.02. The van der Waals surface area contributed by atoms with Crippen molar-refractivity contribution in [3.63, 3.8) is 0 Å². The molecule has 8 heteroatoms. The van der Waals surface area contributed by atoms with Crippen molar-refractivity contribution in [1.29, 1.82) is 0 Å². The first-order chi connectivity index (χ1) is 12.2. The summed E-state index contributed by atoms with van der Waals surface area (Å²) in [4.78, 5) is 27.2. The summed E-state index contributed by atoms with van der Waals surface area (Å²) in [6.07, 6.45) is 2.42. The minimum absolute atomic E-state index is 0.0192. The van der Waals surface area contributed by atoms with Crippen molar-refractivity contribution < 1.29 is 14.7 Å². The third-order valence-corrected chi connectivity index (χ3v) is 3.77. The van der Waals surface area contributed by atoms with Crippen LogP contribution in [0.25, 0.3) is 0 Å². The Labute approximate surface area is 152 Å². The van der Waals surface area contributed by atoms with E-state index in [0.717, 1.165) is 5.56 Å². The highest BCUT2D eigenvalue weighted by Gasteiger charge is 2.18. The van der Waals surface area contributed by atoms with Crippen LogP contribution in [0.3, 0.4) is 0 Å². The highest BCUT2D eigenvalue weighted by Crippen LogP contribution is 2.13. The zero-order valence-electron chi connectivity index (χ0n) is 15.3. The first-order valence-electron chi connectivity index (χ1n) is 8.49. The van der Waals surface area contributed by atoms with Crippen LogP contribution in [0.15, 0.2) is 36.7 Å². The number of urea groups is 1. The summed E-state index contributed by atoms with van der Waals surface area (Å²) in [5.41, 5.74) is 0.791. The smallest absolute Gasteiger partial charge is 0.321 e. The number of aliphatic carboxylic acids is 1. The summed E-state index contributed by atoms with van der Waals surface area (Å²) in [5.74, 6) is -0.690. The largest absolute Gasteiger partial charge is 0.481 e. The van der Waals surface area contributed by atoms with Gasteiger partial charge >= 0.3 is 12.0 Å². The fourth-order valence-corrected chi connectivity index (χ4v) is 2.39. The lowest BCUT2D eigenvalue weighted by Crippen LogP contribution is -2.40. The number of carbonyl (C=O) groups excluding carboxylic acids is 1. The highest BCUT2D eigenvalue weighted by molar-refractivity contribution is 5.87. The van der Waals surface area contributed by atoms with Crippen LogP contribution in [-0.4, -0.2) is 37.9 Å². The lowest BCUT2D eigenvalue weighted by molar-refractivity contribution is -0.137. The number of rotatable bonds is 7. The molecule has 0 aliphatic rings. The van der Waals surface area contributed by atoms with Crippen LogP contribution in [0.5, 0.6) is 0 Å². The molecule has 1 atom stereocenters. The van der Waals surface area contributed by atoms with Crippen LogP contribution in [0.4, 0.5) is 10.7 Å². The molecule has 0 aliphatic heterocycles. The standard InChI is InChI=1S/C18H25N5O3/c1-18(2,3)23-12-19-16(22-23)21-17(26)20-14(9-10-15(24)25)11-13-7-5-4-6-8-13/h4-8,12,14H,9-11H2,1-3H3,(H,24,25)(H2,20,21,22,26). The van der Waals surface area contributed by atoms with E-state index in [-0.39, 0.29) is 23.9 Å². The van der Waals surface area contributed by atoms with E-state index >= 15 is 0 Å². The Balaban J connectivity index is 1.98. The molecule has 0 bridgehead atoms. The number of nitrogens with zero attached hydrogens (tertiary/aromatic N) is 3. The molecule has 26 heavy (non-hydrogen) atoms. The number of amides is 2. The zero-order valence-corrected chi connectivity index (χ0v) is 15.3. The van der Waals surface area contributed by atoms with Gasteiger partial charge in [-0.3, -0.25) is 10.1 Å². The summed E-state index contributed by atoms with van der Waals surface area (Å²) < 4.78 is 1.66. The van der Waals surface area contributed by atoms with Gasteiger partial charge in [0.15, 0.2) is 0 Å². The molecule has 0 fully saturated rings. The number of carboxylic acid groups (broad SMARTS) is 1. The number of hydrogen-bond donors (Lipinski definition) is 3. The van der Waals surface area contributed by atoms with Crippen molar-refractivity contribution in [3.05, 3.63) is 42.2 Å². The van der Waals surface area contributed by atoms with Gasteiger partial charge in [0.1, 0.15) is 6.33 Å². The summed E-state index contributed by atoms with van der Waals surface area (Å²) in [6, 6.07) is 8.85. The molecule has 140 valence electrons. The Kier molecular flexibility index (Phi) is 6.32. The van der Waals surface area contributed by atoms with Gasteiger partial charge in [-0.05, 0) is 39.2 Å². The maximum absolute atomic E-state index is 12.3. The van der Waals surface area contributed by atoms with E-state index in [1.807, 2.05) is 51.1 Å². The summed E-state index contributed by atoms with van der Waals surface area (Å²) >= 11 is 0. The first kappa shape index (κ1) is 19.4. The molecule has 0 aliphatic carbocycles. The van der Waals surface area contributed by atoms with Crippen LogP contribution >= 0.6 is 0 Å². The maximum Gasteiger partial charge on any atom is 0.321 e. The molecule has 0 saturated carbocycles. The van der Waals surface area contributed by atoms with Crippen LogP contribution < -0.4 is 10.6 Å². The van der Waals surface area contributed by atoms with E-state index < -0.39 is 12.0 Å². The van der Waals surface area contributed by atoms with Gasteiger partial charge in [0, 0.05) is 12.5 Å². The molecule has 2 amide bonds. The second-order valence-corrected chi connectivity index (χ2v) is 7.10. The molecule has 1 aromatic carbocycles. The minimum atomic E-state index is -0.893. The Hall–Kier alpha value is -2.90. The average molecular weight is 359 g/mol. The maximum atomic E-state index is 12.3. The molecule has 0 spiro atoms. The number of carboxylic acids is 1. The number of benzene rings is 1. The van der Waals surface area contributed by atoms with Crippen LogP contribution in [-0.2, 0) is 16.8 Å². The predicted molar refractivity (Wildman–Crippen MR) is 98.0 cm³/mol. The highest BCUT2D eigenvalue weighted by atomic mass is 16.4. The molecule has 0 saturated heterocycles. The van der Waals surface area contributed by atoms with Crippen molar-refractivity contribution in [2.45, 2.75) is 51.6 Å². The van der Waals surface area contributed by atoms with Crippen molar-refractivity contribution in [2.24, 2.45) is 0 Å². The first-order valence-corrected chi connectivity index (χ1v) is 8.49. The van der Waals surface area contributed by atoms with Gasteiger partial charge in [-0.2, -0.15) is 0 Å². The number of anilines is 1. The van der Waals surface area contributed by atoms with Gasteiger partial charge in [0.25, 0.3) is 0 Å². The zero-order chi connectivity index (χ0) is 19.2. The number of carbonyl (C=O) groups is 2. The van der Waals surface area contributed by atoms with E-state index in [4.69, 9.17) is 5.11 Å². The third kappa shape index (κ3) is 6.19. The Morgan fingerprint density at radius 2 is 1.92 bits per heavy atom. The molecular formula is C18H25N5O3. The molecule has 3 N–H and O–H groups in total. The normalized spacial score (nSPS) is 12.4. The summed E-state index contributed by atoms with van der Waals surface area (Å²) in [6.45, 7) is 5.94. The minimum Gasteiger partial charge on any atom is -0.481 e. The lowest BCUT2D eigenvalue weighted by Gasteiger charge is -2.19. The van der Waals surface area contributed by atoms with E-state index in [1.54, 1.807) is 11.0 Å². The van der Waals surface area contributed by atoms with Gasteiger partial charge in [-0.1, -0.05) is 30.3 Å². The summed E-state index contributed by atoms with van der Waals surface area (Å²) in [7, 11) is 0. The van der Waals surface area contributed by atoms with Crippen molar-refractivity contribution in [3.8, 4) is 0 Å².